The molecule has 1 amide bonds. The van der Waals surface area contributed by atoms with Gasteiger partial charge < -0.3 is 10.2 Å². The van der Waals surface area contributed by atoms with Crippen LogP contribution in [0, 0.1) is 6.92 Å². The van der Waals surface area contributed by atoms with Gasteiger partial charge in [-0.1, -0.05) is 25.3 Å². The van der Waals surface area contributed by atoms with Crippen molar-refractivity contribution in [1.82, 2.24) is 14.9 Å². The number of nitrogens with one attached hydrogen (secondary N) is 1. The fourth-order valence-electron chi connectivity index (χ4n) is 3.17. The molecule has 1 aliphatic heterocycles. The Labute approximate surface area is 146 Å². The van der Waals surface area contributed by atoms with E-state index in [0.29, 0.717) is 6.54 Å². The highest BCUT2D eigenvalue weighted by Crippen LogP contribution is 2.34. The predicted molar refractivity (Wildman–Crippen MR) is 99.8 cm³/mol. The molecule has 0 bridgehead atoms. The van der Waals surface area contributed by atoms with Crippen LogP contribution in [0.4, 0.5) is 5.82 Å². The number of aromatic nitrogens is 2. The first-order valence-corrected chi connectivity index (χ1v) is 9.42. The fourth-order valence-corrected chi connectivity index (χ4v) is 4.29. The van der Waals surface area contributed by atoms with Crippen LogP contribution in [0.15, 0.2) is 19.0 Å². The summed E-state index contributed by atoms with van der Waals surface area (Å²) in [5.74, 6) is 0.924. The first-order chi connectivity index (χ1) is 11.7. The van der Waals surface area contributed by atoms with Crippen LogP contribution in [0.25, 0.3) is 10.2 Å². The number of rotatable bonds is 4. The number of hydrogen-bond donors (Lipinski definition) is 1. The molecule has 0 atom stereocenters. The first-order valence-electron chi connectivity index (χ1n) is 8.60. The van der Waals surface area contributed by atoms with Crippen LogP contribution < -0.4 is 5.32 Å². The van der Waals surface area contributed by atoms with Crippen molar-refractivity contribution in [3.63, 3.8) is 0 Å². The van der Waals surface area contributed by atoms with Gasteiger partial charge in [-0.05, 0) is 25.3 Å². The summed E-state index contributed by atoms with van der Waals surface area (Å²) in [4.78, 5) is 25.4. The largest absolute Gasteiger partial charge is 0.366 e. The van der Waals surface area contributed by atoms with E-state index in [1.165, 1.54) is 30.6 Å². The number of carbonyl (C=O) groups is 1. The number of carbonyl (C=O) groups excluding carboxylic acids is 1. The van der Waals surface area contributed by atoms with Crippen molar-refractivity contribution < 1.29 is 4.79 Å². The van der Waals surface area contributed by atoms with E-state index in [2.05, 4.69) is 21.9 Å². The minimum absolute atomic E-state index is 0.145. The molecule has 5 nitrogen and oxygen atoms in total. The van der Waals surface area contributed by atoms with Crippen molar-refractivity contribution in [2.45, 2.75) is 39.0 Å². The lowest BCUT2D eigenvalue weighted by molar-refractivity contribution is 0.0747. The van der Waals surface area contributed by atoms with Gasteiger partial charge in [0.05, 0.1) is 10.3 Å². The van der Waals surface area contributed by atoms with Gasteiger partial charge in [0.2, 0.25) is 0 Å². The predicted octanol–water partition coefficient (Wildman–Crippen LogP) is 4.00. The SMILES string of the molecule is C=CCNc1ncnc2sc(C(=O)N3CCCCCCC3)c(C)c12. The smallest absolute Gasteiger partial charge is 0.264 e. The Balaban J connectivity index is 1.92. The second-order valence-electron chi connectivity index (χ2n) is 6.19. The van der Waals surface area contributed by atoms with E-state index in [1.807, 2.05) is 11.8 Å². The third kappa shape index (κ3) is 3.43. The zero-order chi connectivity index (χ0) is 16.9. The molecule has 24 heavy (non-hydrogen) atoms. The van der Waals surface area contributed by atoms with Gasteiger partial charge in [-0.25, -0.2) is 9.97 Å². The highest BCUT2D eigenvalue weighted by molar-refractivity contribution is 7.20. The zero-order valence-corrected chi connectivity index (χ0v) is 15.0. The van der Waals surface area contributed by atoms with Gasteiger partial charge in [0, 0.05) is 19.6 Å². The Morgan fingerprint density at radius 2 is 2.00 bits per heavy atom. The van der Waals surface area contributed by atoms with Gasteiger partial charge in [-0.15, -0.1) is 17.9 Å². The second kappa shape index (κ2) is 7.75. The van der Waals surface area contributed by atoms with E-state index in [0.717, 1.165) is 52.4 Å². The molecule has 2 aromatic heterocycles. The molecule has 0 radical (unpaired) electrons. The quantitative estimate of drug-likeness (QED) is 0.852. The highest BCUT2D eigenvalue weighted by atomic mass is 32.1. The van der Waals surface area contributed by atoms with Crippen molar-refractivity contribution in [2.24, 2.45) is 0 Å². The van der Waals surface area contributed by atoms with Gasteiger partial charge in [0.15, 0.2) is 0 Å². The average Bonchev–Trinajstić information content (AvgIpc) is 2.90. The molecule has 0 spiro atoms. The van der Waals surface area contributed by atoms with Crippen LogP contribution in [-0.4, -0.2) is 40.4 Å². The molecule has 2 aromatic rings. The summed E-state index contributed by atoms with van der Waals surface area (Å²) in [5, 5.41) is 4.20. The number of amides is 1. The summed E-state index contributed by atoms with van der Waals surface area (Å²) in [6, 6.07) is 0. The molecular weight excluding hydrogens is 320 g/mol. The standard InChI is InChI=1S/C18H24N4OS/c1-3-9-19-16-14-13(2)15(24-17(14)21-12-20-16)18(23)22-10-7-5-4-6-8-11-22/h3,12H,1,4-11H2,2H3,(H,19,20,21). The molecule has 0 unspecified atom stereocenters. The number of fused-ring (bicyclic) bond motifs is 1. The van der Waals surface area contributed by atoms with Crippen molar-refractivity contribution >= 4 is 33.3 Å². The van der Waals surface area contributed by atoms with Crippen LogP contribution in [0.1, 0.15) is 47.3 Å². The summed E-state index contributed by atoms with van der Waals surface area (Å²) in [7, 11) is 0. The van der Waals surface area contributed by atoms with Crippen molar-refractivity contribution in [2.75, 3.05) is 25.0 Å². The summed E-state index contributed by atoms with van der Waals surface area (Å²) < 4.78 is 0. The van der Waals surface area contributed by atoms with E-state index in [1.54, 1.807) is 12.4 Å². The zero-order valence-electron chi connectivity index (χ0n) is 14.2. The Hall–Kier alpha value is -1.95. The lowest BCUT2D eigenvalue weighted by Crippen LogP contribution is -2.33. The maximum Gasteiger partial charge on any atom is 0.264 e. The fraction of sp³-hybridized carbons (Fsp3) is 0.500. The molecular formula is C18H24N4OS. The third-order valence-electron chi connectivity index (χ3n) is 4.48. The normalized spacial score (nSPS) is 15.8. The summed E-state index contributed by atoms with van der Waals surface area (Å²) in [6.07, 6.45) is 9.27. The number of nitrogens with zero attached hydrogens (tertiary/aromatic N) is 3. The number of anilines is 1. The molecule has 0 aromatic carbocycles. The Morgan fingerprint density at radius 3 is 2.71 bits per heavy atom. The summed E-state index contributed by atoms with van der Waals surface area (Å²) >= 11 is 1.48. The molecule has 3 rings (SSSR count). The van der Waals surface area contributed by atoms with Gasteiger partial charge >= 0.3 is 0 Å². The van der Waals surface area contributed by atoms with Crippen LogP contribution in [0.2, 0.25) is 0 Å². The average molecular weight is 344 g/mol. The van der Waals surface area contributed by atoms with Crippen molar-refractivity contribution in [1.29, 1.82) is 0 Å². The van der Waals surface area contributed by atoms with Crippen LogP contribution in [0.5, 0.6) is 0 Å². The Morgan fingerprint density at radius 1 is 1.29 bits per heavy atom. The monoisotopic (exact) mass is 344 g/mol. The molecule has 6 heteroatoms. The molecule has 0 saturated carbocycles. The molecule has 3 heterocycles. The van der Waals surface area contributed by atoms with Crippen molar-refractivity contribution in [3.8, 4) is 0 Å². The van der Waals surface area contributed by atoms with Gasteiger partial charge in [0.1, 0.15) is 17.0 Å². The molecule has 128 valence electrons. The van der Waals surface area contributed by atoms with E-state index in [4.69, 9.17) is 0 Å². The molecule has 1 fully saturated rings. The van der Waals surface area contributed by atoms with Crippen LogP contribution in [0.3, 0.4) is 0 Å². The molecule has 0 aliphatic carbocycles. The minimum Gasteiger partial charge on any atom is -0.366 e. The van der Waals surface area contributed by atoms with Gasteiger partial charge in [0.25, 0.3) is 5.91 Å². The van der Waals surface area contributed by atoms with Crippen LogP contribution >= 0.6 is 11.3 Å². The topological polar surface area (TPSA) is 58.1 Å². The number of thiophene rings is 1. The lowest BCUT2D eigenvalue weighted by atomic mass is 10.1. The summed E-state index contributed by atoms with van der Waals surface area (Å²) in [5.41, 5.74) is 0.981. The number of hydrogen-bond acceptors (Lipinski definition) is 5. The Kier molecular flexibility index (Phi) is 5.45. The van der Waals surface area contributed by atoms with Crippen LogP contribution in [-0.2, 0) is 0 Å². The van der Waals surface area contributed by atoms with E-state index in [9.17, 15) is 4.79 Å². The third-order valence-corrected chi connectivity index (χ3v) is 5.67. The minimum atomic E-state index is 0.145. The first kappa shape index (κ1) is 16.9. The Bertz CT molecular complexity index is 732. The van der Waals surface area contributed by atoms with E-state index >= 15 is 0 Å². The highest BCUT2D eigenvalue weighted by Gasteiger charge is 2.23. The molecule has 1 aliphatic rings. The molecule has 1 N–H and O–H groups in total. The lowest BCUT2D eigenvalue weighted by Gasteiger charge is -2.24. The number of likely N-dealkylation sites (tertiary alicyclic amines) is 1. The van der Waals surface area contributed by atoms with E-state index in [-0.39, 0.29) is 5.91 Å². The van der Waals surface area contributed by atoms with Crippen molar-refractivity contribution in [3.05, 3.63) is 29.4 Å². The van der Waals surface area contributed by atoms with E-state index < -0.39 is 0 Å². The second-order valence-corrected chi connectivity index (χ2v) is 7.19. The number of aryl methyl sites for hydroxylation is 1. The van der Waals surface area contributed by atoms with Gasteiger partial charge in [-0.3, -0.25) is 4.79 Å². The maximum absolute atomic E-state index is 13.0. The molecule has 1 saturated heterocycles. The summed E-state index contributed by atoms with van der Waals surface area (Å²) in [6.45, 7) is 8.08. The van der Waals surface area contributed by atoms with Gasteiger partial charge in [-0.2, -0.15) is 0 Å². The maximum atomic E-state index is 13.0.